The van der Waals surface area contributed by atoms with Gasteiger partial charge in [-0.15, -0.1) is 0 Å². The third-order valence-electron chi connectivity index (χ3n) is 3.06. The lowest BCUT2D eigenvalue weighted by atomic mass is 9.91. The van der Waals surface area contributed by atoms with E-state index in [1.54, 1.807) is 13.8 Å². The zero-order valence-electron chi connectivity index (χ0n) is 12.0. The number of halogens is 3. The maximum atomic E-state index is 12.7. The lowest BCUT2D eigenvalue weighted by molar-refractivity contribution is -0.179. The van der Waals surface area contributed by atoms with Gasteiger partial charge < -0.3 is 10.5 Å². The number of nitrogens with two attached hydrogens (primary N) is 1. The molecule has 1 unspecified atom stereocenters. The third kappa shape index (κ3) is 6.80. The number of carbonyl (C=O) groups excluding carboxylic acids is 1. The van der Waals surface area contributed by atoms with Crippen molar-refractivity contribution in [3.8, 4) is 0 Å². The molecule has 0 aromatic heterocycles. The van der Waals surface area contributed by atoms with Crippen LogP contribution in [0.4, 0.5) is 13.2 Å². The molecule has 0 aliphatic carbocycles. The van der Waals surface area contributed by atoms with Gasteiger partial charge in [-0.25, -0.2) is 0 Å². The summed E-state index contributed by atoms with van der Waals surface area (Å²) in [6.07, 6.45) is -3.83. The molecule has 0 aromatic carbocycles. The van der Waals surface area contributed by atoms with Gasteiger partial charge in [-0.2, -0.15) is 13.2 Å². The second kappa shape index (κ2) is 7.72. The van der Waals surface area contributed by atoms with Crippen molar-refractivity contribution < 1.29 is 22.7 Å². The molecule has 0 aromatic rings. The molecule has 0 rings (SSSR count). The van der Waals surface area contributed by atoms with Gasteiger partial charge in [-0.3, -0.25) is 4.79 Å². The molecule has 0 amide bonds. The largest absolute Gasteiger partial charge is 0.462 e. The predicted octanol–water partition coefficient (Wildman–Crippen LogP) is 3.27. The zero-order chi connectivity index (χ0) is 15.2. The first-order chi connectivity index (χ1) is 8.59. The summed E-state index contributed by atoms with van der Waals surface area (Å²) in [7, 11) is 0. The average molecular weight is 283 g/mol. The van der Waals surface area contributed by atoms with E-state index >= 15 is 0 Å². The van der Waals surface area contributed by atoms with E-state index < -0.39 is 30.2 Å². The summed E-state index contributed by atoms with van der Waals surface area (Å²) in [4.78, 5) is 11.8. The van der Waals surface area contributed by atoms with E-state index in [1.165, 1.54) is 0 Å². The van der Waals surface area contributed by atoms with Crippen LogP contribution in [-0.4, -0.2) is 24.3 Å². The fraction of sp³-hybridized carbons (Fsp3) is 0.923. The van der Waals surface area contributed by atoms with Gasteiger partial charge in [0.15, 0.2) is 0 Å². The highest BCUT2D eigenvalue weighted by Crippen LogP contribution is 2.28. The van der Waals surface area contributed by atoms with Gasteiger partial charge in [0.2, 0.25) is 0 Å². The summed E-state index contributed by atoms with van der Waals surface area (Å²) in [5.74, 6) is -1.96. The highest BCUT2D eigenvalue weighted by atomic mass is 19.4. The van der Waals surface area contributed by atoms with Gasteiger partial charge in [0.25, 0.3) is 0 Å². The summed E-state index contributed by atoms with van der Waals surface area (Å²) in [6.45, 7) is 7.22. The van der Waals surface area contributed by atoms with Crippen LogP contribution < -0.4 is 5.73 Å². The number of carbonyl (C=O) groups is 1. The number of alkyl halides is 3. The minimum Gasteiger partial charge on any atom is -0.462 e. The molecule has 0 bridgehead atoms. The Hall–Kier alpha value is -0.780. The molecule has 0 saturated heterocycles. The summed E-state index contributed by atoms with van der Waals surface area (Å²) in [5, 5.41) is 0. The fourth-order valence-corrected chi connectivity index (χ4v) is 1.55. The van der Waals surface area contributed by atoms with Crippen molar-refractivity contribution in [2.24, 2.45) is 17.6 Å². The van der Waals surface area contributed by atoms with Crippen molar-refractivity contribution in [3.63, 3.8) is 0 Å². The minimum absolute atomic E-state index is 0.0909. The van der Waals surface area contributed by atoms with Crippen molar-refractivity contribution in [2.45, 2.75) is 65.3 Å². The Balaban J connectivity index is 4.79. The van der Waals surface area contributed by atoms with Crippen molar-refractivity contribution in [1.29, 1.82) is 0 Å². The zero-order valence-corrected chi connectivity index (χ0v) is 12.0. The second-order valence-electron chi connectivity index (χ2n) is 5.30. The van der Waals surface area contributed by atoms with Crippen LogP contribution in [0.5, 0.6) is 0 Å². The summed E-state index contributed by atoms with van der Waals surface area (Å²) in [5.41, 5.74) is 5.17. The number of rotatable bonds is 7. The quantitative estimate of drug-likeness (QED) is 0.730. The maximum Gasteiger partial charge on any atom is 0.404 e. The van der Waals surface area contributed by atoms with Gasteiger partial charge in [0, 0.05) is 0 Å². The van der Waals surface area contributed by atoms with Crippen molar-refractivity contribution >= 4 is 5.97 Å². The van der Waals surface area contributed by atoms with Crippen LogP contribution in [-0.2, 0) is 9.53 Å². The lowest BCUT2D eigenvalue weighted by Gasteiger charge is -2.26. The summed E-state index contributed by atoms with van der Waals surface area (Å²) >= 11 is 0. The maximum absolute atomic E-state index is 12.7. The van der Waals surface area contributed by atoms with Gasteiger partial charge in [0.05, 0.1) is 12.0 Å². The Morgan fingerprint density at radius 2 is 1.74 bits per heavy atom. The normalized spacial score (nSPS) is 17.1. The number of hydrogen-bond acceptors (Lipinski definition) is 3. The first-order valence-corrected chi connectivity index (χ1v) is 6.62. The Morgan fingerprint density at radius 3 is 2.11 bits per heavy atom. The van der Waals surface area contributed by atoms with E-state index in [2.05, 4.69) is 0 Å². The molecule has 0 aliphatic heterocycles. The van der Waals surface area contributed by atoms with E-state index in [1.807, 2.05) is 13.8 Å². The topological polar surface area (TPSA) is 52.3 Å². The van der Waals surface area contributed by atoms with E-state index in [9.17, 15) is 18.0 Å². The van der Waals surface area contributed by atoms with E-state index in [4.69, 9.17) is 10.5 Å². The Labute approximate surface area is 112 Å². The van der Waals surface area contributed by atoms with Crippen LogP contribution in [0.3, 0.4) is 0 Å². The predicted molar refractivity (Wildman–Crippen MR) is 67.4 cm³/mol. The number of ether oxygens (including phenoxy) is 1. The third-order valence-corrected chi connectivity index (χ3v) is 3.06. The molecule has 3 atom stereocenters. The molecule has 3 nitrogen and oxygen atoms in total. The molecule has 6 heteroatoms. The molecule has 0 radical (unpaired) electrons. The van der Waals surface area contributed by atoms with E-state index in [0.717, 1.165) is 0 Å². The molecule has 0 heterocycles. The van der Waals surface area contributed by atoms with E-state index in [0.29, 0.717) is 12.8 Å². The lowest BCUT2D eigenvalue weighted by Crippen LogP contribution is -2.47. The van der Waals surface area contributed by atoms with E-state index in [-0.39, 0.29) is 12.3 Å². The summed E-state index contributed by atoms with van der Waals surface area (Å²) < 4.78 is 43.0. The molecule has 114 valence electrons. The first-order valence-electron chi connectivity index (χ1n) is 6.62. The SMILES string of the molecule is CCC(C)OC(=O)[C@H](CCC(C)C)[C@@H](N)C(F)(F)F. The van der Waals surface area contributed by atoms with Crippen molar-refractivity contribution in [1.82, 2.24) is 0 Å². The highest BCUT2D eigenvalue weighted by molar-refractivity contribution is 5.73. The monoisotopic (exact) mass is 283 g/mol. The van der Waals surface area contributed by atoms with Crippen LogP contribution in [0.2, 0.25) is 0 Å². The first kappa shape index (κ1) is 18.2. The average Bonchev–Trinajstić information content (AvgIpc) is 2.27. The smallest absolute Gasteiger partial charge is 0.404 e. The number of hydrogen-bond donors (Lipinski definition) is 1. The minimum atomic E-state index is -4.59. The molecule has 0 spiro atoms. The molecular weight excluding hydrogens is 259 g/mol. The molecular formula is C13H24F3NO2. The van der Waals surface area contributed by atoms with Crippen LogP contribution >= 0.6 is 0 Å². The Kier molecular flexibility index (Phi) is 7.41. The van der Waals surface area contributed by atoms with Gasteiger partial charge in [-0.05, 0) is 25.7 Å². The molecule has 0 saturated carbocycles. The fourth-order valence-electron chi connectivity index (χ4n) is 1.55. The Bertz CT molecular complexity index is 280. The van der Waals surface area contributed by atoms with Crippen molar-refractivity contribution in [3.05, 3.63) is 0 Å². The van der Waals surface area contributed by atoms with Crippen LogP contribution in [0.15, 0.2) is 0 Å². The number of esters is 1. The molecule has 19 heavy (non-hydrogen) atoms. The van der Waals surface area contributed by atoms with Gasteiger partial charge in [-0.1, -0.05) is 27.2 Å². The molecule has 0 fully saturated rings. The van der Waals surface area contributed by atoms with Crippen LogP contribution in [0.25, 0.3) is 0 Å². The van der Waals surface area contributed by atoms with Crippen molar-refractivity contribution in [2.75, 3.05) is 0 Å². The molecule has 2 N–H and O–H groups in total. The van der Waals surface area contributed by atoms with Gasteiger partial charge >= 0.3 is 12.1 Å². The standard InChI is InChI=1S/C13H24F3NO2/c1-5-9(4)19-12(18)10(7-6-8(2)3)11(17)13(14,15)16/h8-11H,5-7,17H2,1-4H3/t9?,10-,11-/m1/s1. The summed E-state index contributed by atoms with van der Waals surface area (Å²) in [6, 6.07) is -2.16. The highest BCUT2D eigenvalue weighted by Gasteiger charge is 2.45. The van der Waals surface area contributed by atoms with Crippen LogP contribution in [0, 0.1) is 11.8 Å². The van der Waals surface area contributed by atoms with Gasteiger partial charge in [0.1, 0.15) is 6.04 Å². The molecule has 0 aliphatic rings. The second-order valence-corrected chi connectivity index (χ2v) is 5.30. The van der Waals surface area contributed by atoms with Crippen LogP contribution in [0.1, 0.15) is 47.0 Å². The Morgan fingerprint density at radius 1 is 1.21 bits per heavy atom.